The van der Waals surface area contributed by atoms with Crippen LogP contribution in [0.5, 0.6) is 0 Å². The molecule has 1 N–H and O–H groups in total. The van der Waals surface area contributed by atoms with Crippen molar-refractivity contribution < 1.29 is 4.79 Å². The summed E-state index contributed by atoms with van der Waals surface area (Å²) >= 11 is 0. The van der Waals surface area contributed by atoms with Crippen molar-refractivity contribution in [3.63, 3.8) is 0 Å². The van der Waals surface area contributed by atoms with E-state index in [-0.39, 0.29) is 18.0 Å². The largest absolute Gasteiger partial charge is 0.376 e. The standard InChI is InChI=1S/C17H21N7O2/c1-10-6-11(2)19-17-15(10)16(21-23(17)5)20-13(25)9-24-14(26)7-12(8-18-24)22(3)4/h6-8H,9H2,1-5H3,(H,20,21,25). The molecule has 0 saturated carbocycles. The quantitative estimate of drug-likeness (QED) is 0.745. The van der Waals surface area contributed by atoms with Crippen molar-refractivity contribution in [2.24, 2.45) is 7.05 Å². The molecule has 0 radical (unpaired) electrons. The first-order valence-electron chi connectivity index (χ1n) is 8.11. The molecule has 3 aromatic heterocycles. The van der Waals surface area contributed by atoms with E-state index in [2.05, 4.69) is 20.5 Å². The number of rotatable bonds is 4. The van der Waals surface area contributed by atoms with Crippen LogP contribution in [0, 0.1) is 13.8 Å². The van der Waals surface area contributed by atoms with Gasteiger partial charge in [0.15, 0.2) is 11.5 Å². The van der Waals surface area contributed by atoms with Crippen molar-refractivity contribution in [1.82, 2.24) is 24.5 Å². The van der Waals surface area contributed by atoms with Crippen molar-refractivity contribution in [3.8, 4) is 0 Å². The number of hydrogen-bond acceptors (Lipinski definition) is 6. The number of carbonyl (C=O) groups excluding carboxylic acids is 1. The van der Waals surface area contributed by atoms with Gasteiger partial charge in [0.05, 0.1) is 17.3 Å². The van der Waals surface area contributed by atoms with Gasteiger partial charge < -0.3 is 10.2 Å². The third kappa shape index (κ3) is 3.28. The van der Waals surface area contributed by atoms with Gasteiger partial charge in [0.25, 0.3) is 5.56 Å². The molecule has 26 heavy (non-hydrogen) atoms. The normalized spacial score (nSPS) is 11.0. The highest BCUT2D eigenvalue weighted by atomic mass is 16.2. The summed E-state index contributed by atoms with van der Waals surface area (Å²) in [5.41, 5.74) is 2.89. The van der Waals surface area contributed by atoms with Crippen molar-refractivity contribution in [3.05, 3.63) is 39.9 Å². The summed E-state index contributed by atoms with van der Waals surface area (Å²) < 4.78 is 2.74. The maximum Gasteiger partial charge on any atom is 0.269 e. The molecule has 3 heterocycles. The third-order valence-corrected chi connectivity index (χ3v) is 4.04. The Morgan fingerprint density at radius 3 is 2.65 bits per heavy atom. The Hall–Kier alpha value is -3.23. The lowest BCUT2D eigenvalue weighted by molar-refractivity contribution is -0.117. The zero-order valence-electron chi connectivity index (χ0n) is 15.4. The van der Waals surface area contributed by atoms with Gasteiger partial charge in [-0.05, 0) is 25.5 Å². The van der Waals surface area contributed by atoms with Gasteiger partial charge in [0.1, 0.15) is 6.54 Å². The zero-order valence-corrected chi connectivity index (χ0v) is 15.4. The molecular weight excluding hydrogens is 334 g/mol. The molecule has 0 bridgehead atoms. The van der Waals surface area contributed by atoms with E-state index in [0.717, 1.165) is 21.3 Å². The number of fused-ring (bicyclic) bond motifs is 1. The highest BCUT2D eigenvalue weighted by Gasteiger charge is 2.16. The number of amides is 1. The summed E-state index contributed by atoms with van der Waals surface area (Å²) in [4.78, 5) is 30.7. The van der Waals surface area contributed by atoms with Gasteiger partial charge in [-0.1, -0.05) is 0 Å². The van der Waals surface area contributed by atoms with E-state index in [1.165, 1.54) is 6.07 Å². The fourth-order valence-corrected chi connectivity index (χ4v) is 2.77. The van der Waals surface area contributed by atoms with Crippen LogP contribution in [-0.4, -0.2) is 44.5 Å². The minimum absolute atomic E-state index is 0.192. The van der Waals surface area contributed by atoms with Gasteiger partial charge in [-0.15, -0.1) is 0 Å². The summed E-state index contributed by atoms with van der Waals surface area (Å²) in [6.07, 6.45) is 1.54. The van der Waals surface area contributed by atoms with E-state index in [0.29, 0.717) is 17.2 Å². The number of anilines is 2. The molecule has 1 amide bonds. The molecule has 0 aliphatic rings. The summed E-state index contributed by atoms with van der Waals surface area (Å²) in [7, 11) is 5.41. The molecule has 0 saturated heterocycles. The van der Waals surface area contributed by atoms with E-state index in [9.17, 15) is 9.59 Å². The maximum absolute atomic E-state index is 12.4. The minimum atomic E-state index is -0.378. The van der Waals surface area contributed by atoms with Gasteiger partial charge in [-0.25, -0.2) is 14.3 Å². The monoisotopic (exact) mass is 355 g/mol. The van der Waals surface area contributed by atoms with Crippen LogP contribution in [0.4, 0.5) is 11.5 Å². The summed E-state index contributed by atoms with van der Waals surface area (Å²) in [6.45, 7) is 3.66. The van der Waals surface area contributed by atoms with Crippen LogP contribution in [0.2, 0.25) is 0 Å². The smallest absolute Gasteiger partial charge is 0.269 e. The molecular formula is C17H21N7O2. The topological polar surface area (TPSA) is 97.9 Å². The van der Waals surface area contributed by atoms with Crippen molar-refractivity contribution in [2.45, 2.75) is 20.4 Å². The molecule has 0 aliphatic carbocycles. The Bertz CT molecular complexity index is 1050. The van der Waals surface area contributed by atoms with Gasteiger partial charge in [-0.3, -0.25) is 9.59 Å². The molecule has 9 heteroatoms. The number of hydrogen-bond donors (Lipinski definition) is 1. The number of aryl methyl sites for hydroxylation is 3. The Kier molecular flexibility index (Phi) is 4.45. The second-order valence-corrected chi connectivity index (χ2v) is 6.40. The maximum atomic E-state index is 12.4. The van der Waals surface area contributed by atoms with Crippen molar-refractivity contribution in [2.75, 3.05) is 24.3 Å². The van der Waals surface area contributed by atoms with Crippen LogP contribution >= 0.6 is 0 Å². The van der Waals surface area contributed by atoms with Crippen LogP contribution in [0.25, 0.3) is 11.0 Å². The van der Waals surface area contributed by atoms with E-state index in [1.807, 2.05) is 34.0 Å². The average Bonchev–Trinajstić information content (AvgIpc) is 2.85. The summed E-state index contributed by atoms with van der Waals surface area (Å²) in [5, 5.41) is 11.9. The van der Waals surface area contributed by atoms with Gasteiger partial charge in [0, 0.05) is 32.9 Å². The van der Waals surface area contributed by atoms with Crippen molar-refractivity contribution in [1.29, 1.82) is 0 Å². The van der Waals surface area contributed by atoms with E-state index in [4.69, 9.17) is 0 Å². The Balaban J connectivity index is 1.85. The average molecular weight is 355 g/mol. The van der Waals surface area contributed by atoms with E-state index in [1.54, 1.807) is 22.8 Å². The fraction of sp³-hybridized carbons (Fsp3) is 0.353. The molecule has 0 unspecified atom stereocenters. The number of nitrogens with zero attached hydrogens (tertiary/aromatic N) is 6. The van der Waals surface area contributed by atoms with Crippen LogP contribution in [0.15, 0.2) is 23.1 Å². The zero-order chi connectivity index (χ0) is 19.0. The lowest BCUT2D eigenvalue weighted by Crippen LogP contribution is -2.30. The number of pyridine rings is 1. The van der Waals surface area contributed by atoms with Gasteiger partial charge in [0.2, 0.25) is 5.91 Å². The van der Waals surface area contributed by atoms with Gasteiger partial charge >= 0.3 is 0 Å². The number of carbonyl (C=O) groups is 1. The highest BCUT2D eigenvalue weighted by Crippen LogP contribution is 2.25. The second kappa shape index (κ2) is 6.58. The van der Waals surface area contributed by atoms with E-state index < -0.39 is 0 Å². The van der Waals surface area contributed by atoms with Crippen LogP contribution in [-0.2, 0) is 18.4 Å². The van der Waals surface area contributed by atoms with Gasteiger partial charge in [-0.2, -0.15) is 10.2 Å². The first-order chi connectivity index (χ1) is 12.3. The molecule has 3 rings (SSSR count). The summed E-state index contributed by atoms with van der Waals surface area (Å²) in [5.74, 6) is 0.0487. The predicted molar refractivity (Wildman–Crippen MR) is 99.4 cm³/mol. The Morgan fingerprint density at radius 1 is 1.27 bits per heavy atom. The number of nitrogens with one attached hydrogen (secondary N) is 1. The van der Waals surface area contributed by atoms with E-state index >= 15 is 0 Å². The van der Waals surface area contributed by atoms with Crippen LogP contribution < -0.4 is 15.8 Å². The lowest BCUT2D eigenvalue weighted by atomic mass is 10.2. The molecule has 3 aromatic rings. The molecule has 0 spiro atoms. The third-order valence-electron chi connectivity index (χ3n) is 4.04. The molecule has 0 aromatic carbocycles. The molecule has 0 fully saturated rings. The second-order valence-electron chi connectivity index (χ2n) is 6.40. The first-order valence-corrected chi connectivity index (χ1v) is 8.11. The minimum Gasteiger partial charge on any atom is -0.376 e. The SMILES string of the molecule is Cc1cc(C)c2c(NC(=O)Cn3ncc(N(C)C)cc3=O)nn(C)c2n1. The Labute approximate surface area is 150 Å². The molecule has 136 valence electrons. The van der Waals surface area contributed by atoms with Crippen LogP contribution in [0.1, 0.15) is 11.3 Å². The molecule has 0 atom stereocenters. The van der Waals surface area contributed by atoms with Crippen molar-refractivity contribution >= 4 is 28.4 Å². The number of aromatic nitrogens is 5. The Morgan fingerprint density at radius 2 is 2.00 bits per heavy atom. The molecule has 0 aliphatic heterocycles. The van der Waals surface area contributed by atoms with Crippen LogP contribution in [0.3, 0.4) is 0 Å². The molecule has 9 nitrogen and oxygen atoms in total. The lowest BCUT2D eigenvalue weighted by Gasteiger charge is -2.12. The highest BCUT2D eigenvalue weighted by molar-refractivity contribution is 6.00. The first kappa shape index (κ1) is 17.6. The summed E-state index contributed by atoms with van der Waals surface area (Å²) in [6, 6.07) is 3.37. The predicted octanol–water partition coefficient (Wildman–Crippen LogP) is 0.847. The fourth-order valence-electron chi connectivity index (χ4n) is 2.77.